The van der Waals surface area contributed by atoms with E-state index in [0.717, 1.165) is 25.7 Å². The zero-order valence-corrected chi connectivity index (χ0v) is 20.6. The molecule has 7 nitrogen and oxygen atoms in total. The highest BCUT2D eigenvalue weighted by Crippen LogP contribution is 2.11. The van der Waals surface area contributed by atoms with Crippen molar-refractivity contribution in [3.05, 3.63) is 0 Å². The van der Waals surface area contributed by atoms with Crippen LogP contribution in [-0.4, -0.2) is 63.2 Å². The van der Waals surface area contributed by atoms with E-state index < -0.39 is 6.16 Å². The van der Waals surface area contributed by atoms with Crippen molar-refractivity contribution >= 4 is 6.16 Å². The number of rotatable bonds is 22. The molecule has 0 heterocycles. The third kappa shape index (κ3) is 51.6. The highest BCUT2D eigenvalue weighted by Gasteiger charge is 1.93. The Bertz CT molecular complexity index is 263. The van der Waals surface area contributed by atoms with Gasteiger partial charge in [0.05, 0.1) is 0 Å². The molecule has 0 aromatic carbocycles. The van der Waals surface area contributed by atoms with Crippen molar-refractivity contribution in [2.75, 3.05) is 26.4 Å². The second-order valence-electron chi connectivity index (χ2n) is 8.25. The molecule has 0 aliphatic rings. The van der Waals surface area contributed by atoms with Gasteiger partial charge in [-0.15, -0.1) is 0 Å². The average molecular weight is 467 g/mol. The summed E-state index contributed by atoms with van der Waals surface area (Å²) in [6, 6.07) is 0. The third-order valence-corrected chi connectivity index (χ3v) is 5.13. The van der Waals surface area contributed by atoms with Crippen molar-refractivity contribution in [2.45, 2.75) is 128 Å². The van der Waals surface area contributed by atoms with Gasteiger partial charge in [0.2, 0.25) is 0 Å². The minimum atomic E-state index is -1.83. The van der Waals surface area contributed by atoms with Crippen molar-refractivity contribution in [2.24, 2.45) is 0 Å². The molecule has 0 atom stereocenters. The second kappa shape index (κ2) is 37.4. The van der Waals surface area contributed by atoms with E-state index >= 15 is 0 Å². The van der Waals surface area contributed by atoms with Gasteiger partial charge >= 0.3 is 6.16 Å². The fourth-order valence-electron chi connectivity index (χ4n) is 3.28. The van der Waals surface area contributed by atoms with Crippen LogP contribution in [-0.2, 0) is 0 Å². The van der Waals surface area contributed by atoms with Crippen LogP contribution in [0.25, 0.3) is 0 Å². The summed E-state index contributed by atoms with van der Waals surface area (Å²) in [5, 5.41) is 48.2. The standard InChI is InChI=1S/2C12H26O2.CH2O3/c2*13-11-9-7-5-3-1-2-4-6-8-10-12-14;2-1(3)4/h2*13-14H,1-12H2;(H2,2,3,4). The molecule has 0 saturated heterocycles. The number of carbonyl (C=O) groups is 1. The topological polar surface area (TPSA) is 138 Å². The number of aliphatic hydroxyl groups is 4. The van der Waals surface area contributed by atoms with E-state index in [2.05, 4.69) is 0 Å². The molecule has 0 saturated carbocycles. The summed E-state index contributed by atoms with van der Waals surface area (Å²) in [7, 11) is 0. The second-order valence-corrected chi connectivity index (χ2v) is 8.25. The molecule has 0 bridgehead atoms. The lowest BCUT2D eigenvalue weighted by molar-refractivity contribution is 0.137. The van der Waals surface area contributed by atoms with Crippen LogP contribution in [0.4, 0.5) is 4.79 Å². The monoisotopic (exact) mass is 466 g/mol. The summed E-state index contributed by atoms with van der Waals surface area (Å²) in [4.78, 5) is 8.56. The Kier molecular flexibility index (Phi) is 41.7. The van der Waals surface area contributed by atoms with Crippen molar-refractivity contribution in [3.63, 3.8) is 0 Å². The lowest BCUT2D eigenvalue weighted by atomic mass is 10.1. The molecule has 0 aromatic rings. The van der Waals surface area contributed by atoms with Gasteiger partial charge in [0.15, 0.2) is 0 Å². The summed E-state index contributed by atoms with van der Waals surface area (Å²) in [5.41, 5.74) is 0. The first-order valence-electron chi connectivity index (χ1n) is 12.9. The zero-order valence-electron chi connectivity index (χ0n) is 20.6. The Morgan fingerprint density at radius 2 is 0.406 bits per heavy atom. The Hall–Kier alpha value is -0.890. The van der Waals surface area contributed by atoms with E-state index in [9.17, 15) is 0 Å². The van der Waals surface area contributed by atoms with Gasteiger partial charge in [-0.2, -0.15) is 0 Å². The van der Waals surface area contributed by atoms with Crippen molar-refractivity contribution < 1.29 is 35.4 Å². The maximum atomic E-state index is 8.57. The molecule has 0 rings (SSSR count). The van der Waals surface area contributed by atoms with Gasteiger partial charge in [0, 0.05) is 26.4 Å². The molecule has 7 heteroatoms. The van der Waals surface area contributed by atoms with Gasteiger partial charge in [-0.3, -0.25) is 0 Å². The first kappa shape index (κ1) is 35.7. The summed E-state index contributed by atoms with van der Waals surface area (Å²) < 4.78 is 0. The van der Waals surface area contributed by atoms with Crippen LogP contribution in [0.15, 0.2) is 0 Å². The van der Waals surface area contributed by atoms with E-state index in [4.69, 9.17) is 35.4 Å². The molecule has 0 radical (unpaired) electrons. The maximum Gasteiger partial charge on any atom is 0.503 e. The molecule has 196 valence electrons. The summed E-state index contributed by atoms with van der Waals surface area (Å²) in [6.45, 7) is 1.39. The lowest BCUT2D eigenvalue weighted by Crippen LogP contribution is -1.85. The Morgan fingerprint density at radius 1 is 0.312 bits per heavy atom. The quantitative estimate of drug-likeness (QED) is 0.108. The van der Waals surface area contributed by atoms with Gasteiger partial charge in [-0.05, 0) is 25.7 Å². The summed E-state index contributed by atoms with van der Waals surface area (Å²) in [6.07, 6.45) is 22.5. The number of carboxylic acid groups (broad SMARTS) is 2. The van der Waals surface area contributed by atoms with E-state index in [1.165, 1.54) is 103 Å². The fraction of sp³-hybridized carbons (Fsp3) is 0.960. The van der Waals surface area contributed by atoms with E-state index in [-0.39, 0.29) is 0 Å². The van der Waals surface area contributed by atoms with Gasteiger partial charge in [0.1, 0.15) is 0 Å². The van der Waals surface area contributed by atoms with Crippen molar-refractivity contribution in [1.82, 2.24) is 0 Å². The minimum Gasteiger partial charge on any atom is -0.450 e. The molecule has 0 fully saturated rings. The van der Waals surface area contributed by atoms with Gasteiger partial charge < -0.3 is 30.6 Å². The summed E-state index contributed by atoms with van der Waals surface area (Å²) in [5.74, 6) is 0. The number of aliphatic hydroxyl groups excluding tert-OH is 4. The van der Waals surface area contributed by atoms with Crippen LogP contribution in [0.3, 0.4) is 0 Å². The van der Waals surface area contributed by atoms with Crippen molar-refractivity contribution in [3.8, 4) is 0 Å². The van der Waals surface area contributed by atoms with E-state index in [1.807, 2.05) is 0 Å². The molecular weight excluding hydrogens is 412 g/mol. The van der Waals surface area contributed by atoms with Crippen LogP contribution < -0.4 is 0 Å². The molecule has 6 N–H and O–H groups in total. The first-order chi connectivity index (χ1) is 15.6. The molecule has 0 amide bonds. The molecule has 0 unspecified atom stereocenters. The van der Waals surface area contributed by atoms with Crippen LogP contribution in [0.2, 0.25) is 0 Å². The van der Waals surface area contributed by atoms with Gasteiger partial charge in [-0.1, -0.05) is 103 Å². The third-order valence-electron chi connectivity index (χ3n) is 5.13. The molecule has 0 aromatic heterocycles. The molecule has 0 spiro atoms. The summed E-state index contributed by atoms with van der Waals surface area (Å²) >= 11 is 0. The molecule has 0 aliphatic heterocycles. The smallest absolute Gasteiger partial charge is 0.450 e. The largest absolute Gasteiger partial charge is 0.503 e. The Labute approximate surface area is 196 Å². The van der Waals surface area contributed by atoms with Crippen LogP contribution in [0, 0.1) is 0 Å². The number of unbranched alkanes of at least 4 members (excludes halogenated alkanes) is 18. The van der Waals surface area contributed by atoms with E-state index in [0.29, 0.717) is 26.4 Å². The zero-order chi connectivity index (χ0) is 24.5. The predicted octanol–water partition coefficient (Wildman–Crippen LogP) is 5.97. The minimum absolute atomic E-state index is 0.348. The van der Waals surface area contributed by atoms with Gasteiger partial charge in [0.25, 0.3) is 0 Å². The van der Waals surface area contributed by atoms with Crippen LogP contribution >= 0.6 is 0 Å². The Balaban J connectivity index is -0.000000450. The van der Waals surface area contributed by atoms with Crippen LogP contribution in [0.1, 0.15) is 128 Å². The van der Waals surface area contributed by atoms with Crippen molar-refractivity contribution in [1.29, 1.82) is 0 Å². The number of hydrogen-bond donors (Lipinski definition) is 6. The SMILES string of the molecule is O=C(O)O.OCCCCCCCCCCCCO.OCCCCCCCCCCCCO. The van der Waals surface area contributed by atoms with Crippen LogP contribution in [0.5, 0.6) is 0 Å². The highest BCUT2D eigenvalue weighted by atomic mass is 16.6. The highest BCUT2D eigenvalue weighted by molar-refractivity contribution is 5.53. The van der Waals surface area contributed by atoms with E-state index in [1.54, 1.807) is 0 Å². The Morgan fingerprint density at radius 3 is 0.500 bits per heavy atom. The molecule has 32 heavy (non-hydrogen) atoms. The fourth-order valence-corrected chi connectivity index (χ4v) is 3.28. The normalized spacial score (nSPS) is 10.1. The number of hydrogen-bond acceptors (Lipinski definition) is 5. The lowest BCUT2D eigenvalue weighted by Gasteiger charge is -2.01. The predicted molar refractivity (Wildman–Crippen MR) is 131 cm³/mol. The average Bonchev–Trinajstić information content (AvgIpc) is 2.76. The molecular formula is C25H54O7. The van der Waals surface area contributed by atoms with Gasteiger partial charge in [-0.25, -0.2) is 4.79 Å². The maximum absolute atomic E-state index is 8.57. The molecule has 0 aliphatic carbocycles. The first-order valence-corrected chi connectivity index (χ1v) is 12.9.